The second kappa shape index (κ2) is 14.0. The highest BCUT2D eigenvalue weighted by atomic mass is 16.6. The molecule has 0 heterocycles. The zero-order valence-corrected chi connectivity index (χ0v) is 33.7. The van der Waals surface area contributed by atoms with E-state index in [2.05, 4.69) is 54.5 Å². The van der Waals surface area contributed by atoms with Crippen LogP contribution in [0.2, 0.25) is 0 Å². The van der Waals surface area contributed by atoms with E-state index >= 15 is 0 Å². The number of benzene rings is 2. The quantitative estimate of drug-likeness (QED) is 0.256. The van der Waals surface area contributed by atoms with Crippen LogP contribution in [0.25, 0.3) is 0 Å². The fraction of sp³-hybridized carbons (Fsp3) is 0.638. The van der Waals surface area contributed by atoms with Gasteiger partial charge in [-0.05, 0) is 115 Å². The molecule has 0 aliphatic heterocycles. The Morgan fingerprint density at radius 3 is 2.09 bits per heavy atom. The third kappa shape index (κ3) is 6.39. The van der Waals surface area contributed by atoms with Crippen LogP contribution in [0.1, 0.15) is 117 Å². The molecule has 2 aromatic carbocycles. The molecule has 0 spiro atoms. The van der Waals surface area contributed by atoms with Crippen molar-refractivity contribution in [1.29, 1.82) is 0 Å². The van der Waals surface area contributed by atoms with E-state index in [1.165, 1.54) is 5.57 Å². The maximum Gasteiger partial charge on any atom is 0.325 e. The molecule has 0 amide bonds. The van der Waals surface area contributed by atoms with E-state index in [1.807, 2.05) is 60.7 Å². The molecule has 10 atom stereocenters. The maximum atomic E-state index is 14.9. The minimum atomic E-state index is -0.861. The normalized spacial score (nSPS) is 38.7. The molecule has 7 nitrogen and oxygen atoms in total. The summed E-state index contributed by atoms with van der Waals surface area (Å²) in [6, 6.07) is 18.9. The molecule has 7 rings (SSSR count). The van der Waals surface area contributed by atoms with Gasteiger partial charge in [0.25, 0.3) is 0 Å². The van der Waals surface area contributed by atoms with E-state index in [1.54, 1.807) is 0 Å². The van der Waals surface area contributed by atoms with Crippen molar-refractivity contribution < 1.29 is 28.6 Å². The molecule has 0 saturated heterocycles. The van der Waals surface area contributed by atoms with E-state index in [4.69, 9.17) is 19.9 Å². The highest BCUT2D eigenvalue weighted by Gasteiger charge is 2.70. The van der Waals surface area contributed by atoms with Gasteiger partial charge in [-0.1, -0.05) is 108 Å². The van der Waals surface area contributed by atoms with E-state index in [0.717, 1.165) is 56.1 Å². The second-order valence-corrected chi connectivity index (χ2v) is 19.7. The van der Waals surface area contributed by atoms with Gasteiger partial charge in [-0.15, -0.1) is 0 Å². The van der Waals surface area contributed by atoms with Gasteiger partial charge in [0.15, 0.2) is 5.78 Å². The Hall–Kier alpha value is -3.29. The van der Waals surface area contributed by atoms with Crippen molar-refractivity contribution in [3.8, 4) is 0 Å². The molecule has 4 saturated carbocycles. The monoisotopic (exact) mass is 737 g/mol. The molecule has 7 heteroatoms. The first-order chi connectivity index (χ1) is 25.5. The first-order valence-electron chi connectivity index (χ1n) is 20.5. The predicted octanol–water partition coefficient (Wildman–Crippen LogP) is 9.17. The molecule has 292 valence electrons. The molecular formula is C47H63NO6. The van der Waals surface area contributed by atoms with Crippen molar-refractivity contribution in [3.63, 3.8) is 0 Å². The Balaban J connectivity index is 1.08. The van der Waals surface area contributed by atoms with Crippen LogP contribution in [0.4, 0.5) is 0 Å². The lowest BCUT2D eigenvalue weighted by Crippen LogP contribution is -2.67. The maximum absolute atomic E-state index is 14.9. The lowest BCUT2D eigenvalue weighted by molar-refractivity contribution is -0.212. The van der Waals surface area contributed by atoms with Gasteiger partial charge in [0, 0.05) is 11.3 Å². The number of esters is 2. The van der Waals surface area contributed by atoms with Crippen LogP contribution in [-0.2, 0) is 41.8 Å². The standard InChI is InChI=1S/C47H63NO6/c1-42(2)37-18-21-47(7)39(45(37,5)20-19-38(42)54-40(50)35(48)30-52-28-31-14-10-8-11-15-31)36(49)26-33-34-27-44(4,23-22-43(34,3)24-25-46(33,47)6)41(51)53-29-32-16-12-9-13-17-32/h8-17,26,34-35,37-39H,18-25,27-30,48H2,1-7H3/t34-,35-,37-,38-,39+,43+,44-,45-,46+,47+/m0/s1. The minimum absolute atomic E-state index is 0.0481. The van der Waals surface area contributed by atoms with Crippen molar-refractivity contribution in [1.82, 2.24) is 0 Å². The Labute approximate surface area is 323 Å². The Kier molecular flexibility index (Phi) is 10.1. The van der Waals surface area contributed by atoms with Crippen LogP contribution < -0.4 is 5.73 Å². The zero-order valence-electron chi connectivity index (χ0n) is 33.7. The smallest absolute Gasteiger partial charge is 0.325 e. The summed E-state index contributed by atoms with van der Waals surface area (Å²) >= 11 is 0. The summed E-state index contributed by atoms with van der Waals surface area (Å²) in [4.78, 5) is 42.0. The number of ether oxygens (including phenoxy) is 3. The van der Waals surface area contributed by atoms with Crippen molar-refractivity contribution >= 4 is 17.7 Å². The summed E-state index contributed by atoms with van der Waals surface area (Å²) in [5.41, 5.74) is 8.09. The van der Waals surface area contributed by atoms with Crippen molar-refractivity contribution in [2.45, 2.75) is 132 Å². The number of nitrogens with two attached hydrogens (primary N) is 1. The summed E-state index contributed by atoms with van der Waals surface area (Å²) < 4.78 is 18.0. The molecule has 4 fully saturated rings. The molecule has 5 aliphatic carbocycles. The molecular weight excluding hydrogens is 675 g/mol. The number of carbonyl (C=O) groups is 3. The summed E-state index contributed by atoms with van der Waals surface area (Å²) in [6.07, 6.45) is 9.81. The fourth-order valence-electron chi connectivity index (χ4n) is 12.6. The van der Waals surface area contributed by atoms with E-state index < -0.39 is 17.4 Å². The number of fused-ring (bicyclic) bond motifs is 7. The highest BCUT2D eigenvalue weighted by Crippen LogP contribution is 2.75. The van der Waals surface area contributed by atoms with Gasteiger partial charge in [-0.2, -0.15) is 0 Å². The highest BCUT2D eigenvalue weighted by molar-refractivity contribution is 5.95. The first-order valence-corrected chi connectivity index (χ1v) is 20.5. The number of hydrogen-bond donors (Lipinski definition) is 1. The third-order valence-electron chi connectivity index (χ3n) is 16.2. The van der Waals surface area contributed by atoms with Gasteiger partial charge < -0.3 is 19.9 Å². The fourth-order valence-corrected chi connectivity index (χ4v) is 12.6. The predicted molar refractivity (Wildman–Crippen MR) is 210 cm³/mol. The van der Waals surface area contributed by atoms with Crippen molar-refractivity contribution in [2.75, 3.05) is 6.61 Å². The number of rotatable bonds is 9. The lowest BCUT2D eigenvalue weighted by Gasteiger charge is -2.70. The summed E-state index contributed by atoms with van der Waals surface area (Å²) in [6.45, 7) is 16.9. The molecule has 5 aliphatic rings. The zero-order chi connectivity index (χ0) is 38.7. The second-order valence-electron chi connectivity index (χ2n) is 19.7. The SMILES string of the molecule is CC1(C)[C@@H](OC(=O)[C@@H](N)COCc2ccccc2)CC[C@]2(C)[C@H]3C(=O)C=C4[C@@H]5C[C@@](C)(C(=O)OCc6ccccc6)CC[C@]5(C)CC[C@@]4(C)[C@]3(C)CC[C@@H]12. The van der Waals surface area contributed by atoms with Crippen LogP contribution in [-0.4, -0.2) is 36.5 Å². The Morgan fingerprint density at radius 1 is 0.796 bits per heavy atom. The third-order valence-corrected chi connectivity index (χ3v) is 16.2. The number of carbonyl (C=O) groups excluding carboxylic acids is 3. The Bertz CT molecular complexity index is 1770. The van der Waals surface area contributed by atoms with E-state index in [9.17, 15) is 14.4 Å². The van der Waals surface area contributed by atoms with Gasteiger partial charge in [0.2, 0.25) is 0 Å². The molecule has 2 aromatic rings. The largest absolute Gasteiger partial charge is 0.461 e. The van der Waals surface area contributed by atoms with Crippen LogP contribution in [0.3, 0.4) is 0 Å². The Morgan fingerprint density at radius 2 is 1.43 bits per heavy atom. The number of hydrogen-bond acceptors (Lipinski definition) is 7. The first kappa shape index (κ1) is 39.0. The van der Waals surface area contributed by atoms with Crippen molar-refractivity contribution in [3.05, 3.63) is 83.4 Å². The molecule has 0 aromatic heterocycles. The average molecular weight is 738 g/mol. The van der Waals surface area contributed by atoms with Gasteiger partial charge in [0.05, 0.1) is 18.6 Å². The van der Waals surface area contributed by atoms with Crippen LogP contribution in [0.5, 0.6) is 0 Å². The molecule has 0 radical (unpaired) electrons. The van der Waals surface area contributed by atoms with Gasteiger partial charge in [0.1, 0.15) is 18.8 Å². The summed E-state index contributed by atoms with van der Waals surface area (Å²) in [5.74, 6) is -0.0666. The van der Waals surface area contributed by atoms with Crippen molar-refractivity contribution in [2.24, 2.45) is 56.0 Å². The lowest BCUT2D eigenvalue weighted by atomic mass is 9.33. The summed E-state index contributed by atoms with van der Waals surface area (Å²) in [5, 5.41) is 0. The minimum Gasteiger partial charge on any atom is -0.461 e. The van der Waals surface area contributed by atoms with E-state index in [0.29, 0.717) is 19.4 Å². The van der Waals surface area contributed by atoms with E-state index in [-0.39, 0.29) is 75.9 Å². The molecule has 0 unspecified atom stereocenters. The van der Waals surface area contributed by atoms with Crippen LogP contribution in [0.15, 0.2) is 72.3 Å². The van der Waals surface area contributed by atoms with Crippen LogP contribution >= 0.6 is 0 Å². The summed E-state index contributed by atoms with van der Waals surface area (Å²) in [7, 11) is 0. The molecule has 2 N–H and O–H groups in total. The van der Waals surface area contributed by atoms with Gasteiger partial charge in [-0.3, -0.25) is 14.4 Å². The van der Waals surface area contributed by atoms with Gasteiger partial charge in [-0.25, -0.2) is 0 Å². The molecule has 54 heavy (non-hydrogen) atoms. The van der Waals surface area contributed by atoms with Gasteiger partial charge >= 0.3 is 11.9 Å². The average Bonchev–Trinajstić information content (AvgIpc) is 3.14. The topological polar surface area (TPSA) is 105 Å². The molecule has 0 bridgehead atoms. The number of allylic oxidation sites excluding steroid dienone is 2. The number of ketones is 1. The van der Waals surface area contributed by atoms with Crippen LogP contribution in [0, 0.1) is 50.2 Å².